The van der Waals surface area contributed by atoms with Gasteiger partial charge in [-0.25, -0.2) is 0 Å². The molecule has 0 radical (unpaired) electrons. The van der Waals surface area contributed by atoms with Crippen LogP contribution in [0, 0.1) is 23.2 Å². The van der Waals surface area contributed by atoms with Crippen molar-refractivity contribution in [1.29, 1.82) is 5.26 Å². The molecular weight excluding hydrogens is 274 g/mol. The molecule has 0 N–H and O–H groups in total. The predicted octanol–water partition coefficient (Wildman–Crippen LogP) is 2.64. The monoisotopic (exact) mass is 297 g/mol. The van der Waals surface area contributed by atoms with Crippen LogP contribution in [0.5, 0.6) is 0 Å². The summed E-state index contributed by atoms with van der Waals surface area (Å²) in [6, 6.07) is 9.97. The summed E-state index contributed by atoms with van der Waals surface area (Å²) < 4.78 is 0. The normalized spacial score (nSPS) is 18.8. The van der Waals surface area contributed by atoms with Gasteiger partial charge in [-0.2, -0.15) is 5.26 Å². The average Bonchev–Trinajstić information content (AvgIpc) is 3.40. The van der Waals surface area contributed by atoms with Crippen molar-refractivity contribution in [3.63, 3.8) is 0 Å². The van der Waals surface area contributed by atoms with Gasteiger partial charge in [-0.1, -0.05) is 0 Å². The van der Waals surface area contributed by atoms with Crippen molar-refractivity contribution in [2.45, 2.75) is 25.7 Å². The maximum atomic E-state index is 12.0. The summed E-state index contributed by atoms with van der Waals surface area (Å²) in [6.07, 6.45) is 4.42. The lowest BCUT2D eigenvalue weighted by molar-refractivity contribution is -0.131. The third-order valence-electron chi connectivity index (χ3n) is 4.81. The molecule has 1 saturated carbocycles. The molecule has 4 nitrogen and oxygen atoms in total. The Morgan fingerprint density at radius 1 is 1.23 bits per heavy atom. The van der Waals surface area contributed by atoms with Gasteiger partial charge in [0.05, 0.1) is 11.6 Å². The first-order chi connectivity index (χ1) is 10.7. The zero-order chi connectivity index (χ0) is 15.5. The highest BCUT2D eigenvalue weighted by Gasteiger charge is 2.33. The largest absolute Gasteiger partial charge is 0.372 e. The number of carbonyl (C=O) groups excluding carboxylic acids is 1. The zero-order valence-corrected chi connectivity index (χ0v) is 13.2. The third-order valence-corrected chi connectivity index (χ3v) is 4.81. The molecule has 0 bridgehead atoms. The van der Waals surface area contributed by atoms with E-state index in [1.54, 1.807) is 0 Å². The molecule has 2 fully saturated rings. The van der Waals surface area contributed by atoms with Crippen molar-refractivity contribution in [3.8, 4) is 6.07 Å². The van der Waals surface area contributed by atoms with Crippen LogP contribution in [-0.2, 0) is 4.79 Å². The molecule has 116 valence electrons. The maximum Gasteiger partial charge on any atom is 0.225 e. The number of hydrogen-bond acceptors (Lipinski definition) is 3. The van der Waals surface area contributed by atoms with Crippen LogP contribution in [0.15, 0.2) is 24.3 Å². The molecule has 22 heavy (non-hydrogen) atoms. The molecule has 1 aromatic rings. The number of hydrogen-bond donors (Lipinski definition) is 0. The van der Waals surface area contributed by atoms with Crippen molar-refractivity contribution in [3.05, 3.63) is 29.8 Å². The first-order valence-electron chi connectivity index (χ1n) is 8.17. The molecule has 0 spiro atoms. The minimum absolute atomic E-state index is 0.323. The van der Waals surface area contributed by atoms with Crippen LogP contribution in [0.4, 0.5) is 5.69 Å². The summed E-state index contributed by atoms with van der Waals surface area (Å²) in [5.41, 5.74) is 1.90. The Morgan fingerprint density at radius 3 is 2.41 bits per heavy atom. The molecule has 1 heterocycles. The third kappa shape index (κ3) is 3.41. The van der Waals surface area contributed by atoms with Gasteiger partial charge in [-0.05, 0) is 55.9 Å². The van der Waals surface area contributed by atoms with Crippen LogP contribution >= 0.6 is 0 Å². The van der Waals surface area contributed by atoms with Gasteiger partial charge in [-0.3, -0.25) is 4.79 Å². The summed E-state index contributed by atoms with van der Waals surface area (Å²) in [6.45, 7) is 2.96. The van der Waals surface area contributed by atoms with Gasteiger partial charge in [-0.15, -0.1) is 0 Å². The Bertz CT molecular complexity index is 563. The first kappa shape index (κ1) is 14.9. The van der Waals surface area contributed by atoms with Gasteiger partial charge in [0, 0.05) is 38.3 Å². The molecule has 3 rings (SSSR count). The SMILES string of the molecule is CN(CC1CCN(c2ccc(C#N)cc2)CC1)C(=O)C1CC1. The second-order valence-electron chi connectivity index (χ2n) is 6.58. The summed E-state index contributed by atoms with van der Waals surface area (Å²) in [5.74, 6) is 1.28. The Morgan fingerprint density at radius 2 is 1.86 bits per heavy atom. The molecule has 0 atom stereocenters. The fourth-order valence-electron chi connectivity index (χ4n) is 3.24. The van der Waals surface area contributed by atoms with E-state index in [2.05, 4.69) is 11.0 Å². The van der Waals surface area contributed by atoms with Crippen molar-refractivity contribution in [1.82, 2.24) is 4.90 Å². The van der Waals surface area contributed by atoms with Crippen LogP contribution in [0.3, 0.4) is 0 Å². The van der Waals surface area contributed by atoms with Crippen molar-refractivity contribution >= 4 is 11.6 Å². The van der Waals surface area contributed by atoms with Gasteiger partial charge in [0.15, 0.2) is 0 Å². The van der Waals surface area contributed by atoms with E-state index in [0.29, 0.717) is 23.3 Å². The Labute approximate surface area is 132 Å². The number of nitrogens with zero attached hydrogens (tertiary/aromatic N) is 3. The molecule has 1 aliphatic heterocycles. The van der Waals surface area contributed by atoms with E-state index in [-0.39, 0.29) is 0 Å². The number of nitriles is 1. The Hall–Kier alpha value is -2.02. The summed E-state index contributed by atoms with van der Waals surface area (Å²) in [7, 11) is 1.95. The molecule has 1 saturated heterocycles. The number of rotatable bonds is 4. The van der Waals surface area contributed by atoms with Crippen LogP contribution < -0.4 is 4.90 Å². The quantitative estimate of drug-likeness (QED) is 0.858. The topological polar surface area (TPSA) is 47.3 Å². The molecular formula is C18H23N3O. The lowest BCUT2D eigenvalue weighted by atomic mass is 9.95. The highest BCUT2D eigenvalue weighted by atomic mass is 16.2. The van der Waals surface area contributed by atoms with Crippen LogP contribution in [0.1, 0.15) is 31.2 Å². The standard InChI is InChI=1S/C18H23N3O/c1-20(18(22)16-4-5-16)13-15-8-10-21(11-9-15)17-6-2-14(12-19)3-7-17/h2-3,6-7,15-16H,4-5,8-11,13H2,1H3. The average molecular weight is 297 g/mol. The smallest absolute Gasteiger partial charge is 0.225 e. The summed E-state index contributed by atoms with van der Waals surface area (Å²) in [5, 5.41) is 8.85. The van der Waals surface area contributed by atoms with Gasteiger partial charge < -0.3 is 9.80 Å². The van der Waals surface area contributed by atoms with Gasteiger partial charge >= 0.3 is 0 Å². The highest BCUT2D eigenvalue weighted by Crippen LogP contribution is 2.31. The molecule has 4 heteroatoms. The van der Waals surface area contributed by atoms with Gasteiger partial charge in [0.1, 0.15) is 0 Å². The Balaban J connectivity index is 1.49. The minimum atomic E-state index is 0.323. The summed E-state index contributed by atoms with van der Waals surface area (Å²) in [4.78, 5) is 16.3. The fraction of sp³-hybridized carbons (Fsp3) is 0.556. The van der Waals surface area contributed by atoms with Crippen molar-refractivity contribution < 1.29 is 4.79 Å². The number of anilines is 1. The van der Waals surface area contributed by atoms with E-state index in [0.717, 1.165) is 45.3 Å². The van der Waals surface area contributed by atoms with Crippen LogP contribution in [0.2, 0.25) is 0 Å². The van der Waals surface area contributed by atoms with Gasteiger partial charge in [0.25, 0.3) is 0 Å². The lowest BCUT2D eigenvalue weighted by Gasteiger charge is -2.35. The zero-order valence-electron chi connectivity index (χ0n) is 13.2. The second-order valence-corrected chi connectivity index (χ2v) is 6.58. The fourth-order valence-corrected chi connectivity index (χ4v) is 3.24. The number of benzene rings is 1. The number of carbonyl (C=O) groups is 1. The first-order valence-corrected chi connectivity index (χ1v) is 8.17. The lowest BCUT2D eigenvalue weighted by Crippen LogP contribution is -2.39. The minimum Gasteiger partial charge on any atom is -0.372 e. The molecule has 0 unspecified atom stereocenters. The van der Waals surface area contributed by atoms with E-state index in [9.17, 15) is 4.79 Å². The molecule has 1 aliphatic carbocycles. The highest BCUT2D eigenvalue weighted by molar-refractivity contribution is 5.80. The maximum absolute atomic E-state index is 12.0. The predicted molar refractivity (Wildman–Crippen MR) is 86.5 cm³/mol. The van der Waals surface area contributed by atoms with Crippen LogP contribution in [0.25, 0.3) is 0 Å². The van der Waals surface area contributed by atoms with E-state index < -0.39 is 0 Å². The molecule has 1 aromatic carbocycles. The Kier molecular flexibility index (Phi) is 4.33. The van der Waals surface area contributed by atoms with E-state index in [4.69, 9.17) is 5.26 Å². The van der Waals surface area contributed by atoms with E-state index >= 15 is 0 Å². The number of amides is 1. The number of piperidine rings is 1. The van der Waals surface area contributed by atoms with Crippen molar-refractivity contribution in [2.24, 2.45) is 11.8 Å². The summed E-state index contributed by atoms with van der Waals surface area (Å²) >= 11 is 0. The van der Waals surface area contributed by atoms with Gasteiger partial charge in [0.2, 0.25) is 5.91 Å². The van der Waals surface area contributed by atoms with Crippen molar-refractivity contribution in [2.75, 3.05) is 31.6 Å². The van der Waals surface area contributed by atoms with E-state index in [1.807, 2.05) is 36.2 Å². The second kappa shape index (κ2) is 6.39. The molecule has 2 aliphatic rings. The van der Waals surface area contributed by atoms with Crippen LogP contribution in [-0.4, -0.2) is 37.5 Å². The molecule has 0 aromatic heterocycles. The van der Waals surface area contributed by atoms with E-state index in [1.165, 1.54) is 5.69 Å². The molecule has 1 amide bonds.